The lowest BCUT2D eigenvalue weighted by Crippen LogP contribution is -2.57. The standard InChI is InChI=1S/C13H26N2O3/c1-13(2,3)14-15(12(16)17)11-7-5-6-10(8-11)9-18-4/h10-11,14H,5-9H2,1-4H3,(H,16,17)/t10-,11?/m0/s1. The highest BCUT2D eigenvalue weighted by atomic mass is 16.5. The van der Waals surface area contributed by atoms with E-state index in [0.29, 0.717) is 5.92 Å². The molecular formula is C13H26N2O3. The lowest BCUT2D eigenvalue weighted by atomic mass is 9.86. The summed E-state index contributed by atoms with van der Waals surface area (Å²) in [7, 11) is 1.70. The highest BCUT2D eigenvalue weighted by Crippen LogP contribution is 2.27. The van der Waals surface area contributed by atoms with Gasteiger partial charge in [-0.15, -0.1) is 0 Å². The second kappa shape index (κ2) is 6.38. The van der Waals surface area contributed by atoms with E-state index in [-0.39, 0.29) is 11.6 Å². The van der Waals surface area contributed by atoms with Crippen molar-refractivity contribution in [3.05, 3.63) is 0 Å². The normalized spacial score (nSPS) is 24.9. The summed E-state index contributed by atoms with van der Waals surface area (Å²) in [5.74, 6) is 0.470. The van der Waals surface area contributed by atoms with Crippen LogP contribution in [0, 0.1) is 5.92 Å². The molecule has 0 aromatic heterocycles. The summed E-state index contributed by atoms with van der Waals surface area (Å²) < 4.78 is 5.18. The monoisotopic (exact) mass is 258 g/mol. The van der Waals surface area contributed by atoms with E-state index in [9.17, 15) is 9.90 Å². The summed E-state index contributed by atoms with van der Waals surface area (Å²) >= 11 is 0. The Morgan fingerprint density at radius 3 is 2.61 bits per heavy atom. The molecule has 0 spiro atoms. The Labute approximate surface area is 109 Å². The topological polar surface area (TPSA) is 61.8 Å². The van der Waals surface area contributed by atoms with Crippen molar-refractivity contribution in [1.29, 1.82) is 0 Å². The van der Waals surface area contributed by atoms with E-state index < -0.39 is 6.09 Å². The van der Waals surface area contributed by atoms with E-state index in [1.54, 1.807) is 7.11 Å². The van der Waals surface area contributed by atoms with Crippen LogP contribution >= 0.6 is 0 Å². The molecule has 1 aliphatic carbocycles. The molecule has 106 valence electrons. The summed E-state index contributed by atoms with van der Waals surface area (Å²) in [4.78, 5) is 11.4. The van der Waals surface area contributed by atoms with Crippen molar-refractivity contribution in [2.45, 2.75) is 58.0 Å². The molecule has 0 aliphatic heterocycles. The Kier molecular flexibility index (Phi) is 5.41. The Hall–Kier alpha value is -0.810. The smallest absolute Gasteiger partial charge is 0.422 e. The first kappa shape index (κ1) is 15.2. The van der Waals surface area contributed by atoms with Crippen molar-refractivity contribution in [1.82, 2.24) is 10.4 Å². The molecule has 1 fully saturated rings. The van der Waals surface area contributed by atoms with Gasteiger partial charge in [-0.25, -0.2) is 15.2 Å². The zero-order valence-electron chi connectivity index (χ0n) is 11.9. The summed E-state index contributed by atoms with van der Waals surface area (Å²) in [6, 6.07) is 0.0515. The van der Waals surface area contributed by atoms with Crippen LogP contribution in [0.3, 0.4) is 0 Å². The van der Waals surface area contributed by atoms with Gasteiger partial charge in [-0.05, 0) is 46.0 Å². The van der Waals surface area contributed by atoms with Crippen LogP contribution in [0.25, 0.3) is 0 Å². The van der Waals surface area contributed by atoms with Gasteiger partial charge in [0.05, 0.1) is 6.04 Å². The largest absolute Gasteiger partial charge is 0.464 e. The molecule has 0 radical (unpaired) electrons. The average Bonchev–Trinajstić information content (AvgIpc) is 2.25. The molecule has 0 saturated heterocycles. The van der Waals surface area contributed by atoms with E-state index in [1.807, 2.05) is 20.8 Å². The van der Waals surface area contributed by atoms with Gasteiger partial charge in [-0.1, -0.05) is 6.42 Å². The van der Waals surface area contributed by atoms with Crippen LogP contribution in [0.4, 0.5) is 4.79 Å². The van der Waals surface area contributed by atoms with Gasteiger partial charge in [0.15, 0.2) is 0 Å². The molecule has 5 nitrogen and oxygen atoms in total. The fourth-order valence-corrected chi connectivity index (χ4v) is 2.54. The first-order valence-corrected chi connectivity index (χ1v) is 6.62. The number of carbonyl (C=O) groups is 1. The van der Waals surface area contributed by atoms with Crippen LogP contribution < -0.4 is 5.43 Å². The number of methoxy groups -OCH3 is 1. The molecule has 2 atom stereocenters. The maximum atomic E-state index is 11.4. The first-order valence-electron chi connectivity index (χ1n) is 6.62. The molecule has 18 heavy (non-hydrogen) atoms. The molecule has 0 aromatic rings. The van der Waals surface area contributed by atoms with Crippen molar-refractivity contribution >= 4 is 6.09 Å². The molecule has 1 unspecified atom stereocenters. The number of nitrogens with zero attached hydrogens (tertiary/aromatic N) is 1. The van der Waals surface area contributed by atoms with Crippen LogP contribution in [0.15, 0.2) is 0 Å². The second-order valence-electron chi connectivity index (χ2n) is 6.16. The third-order valence-electron chi connectivity index (χ3n) is 3.18. The molecule has 0 bridgehead atoms. The van der Waals surface area contributed by atoms with E-state index in [1.165, 1.54) is 5.01 Å². The molecule has 5 heteroatoms. The molecule has 1 aliphatic rings. The predicted octanol–water partition coefficient (Wildman–Crippen LogP) is 2.47. The quantitative estimate of drug-likeness (QED) is 0.760. The summed E-state index contributed by atoms with van der Waals surface area (Å²) in [6.45, 7) is 6.63. The Morgan fingerprint density at radius 2 is 2.11 bits per heavy atom. The number of carboxylic acid groups (broad SMARTS) is 1. The maximum Gasteiger partial charge on any atom is 0.422 e. The van der Waals surface area contributed by atoms with Crippen LogP contribution in [-0.2, 0) is 4.74 Å². The first-order chi connectivity index (χ1) is 8.33. The zero-order valence-corrected chi connectivity index (χ0v) is 11.9. The van der Waals surface area contributed by atoms with Crippen molar-refractivity contribution in [2.24, 2.45) is 5.92 Å². The number of nitrogens with one attached hydrogen (secondary N) is 1. The maximum absolute atomic E-state index is 11.4. The van der Waals surface area contributed by atoms with Gasteiger partial charge in [0.25, 0.3) is 0 Å². The molecule has 1 rings (SSSR count). The molecule has 0 aromatic carbocycles. The van der Waals surface area contributed by atoms with Gasteiger partial charge < -0.3 is 9.84 Å². The SMILES string of the molecule is COC[C@H]1CCCC(N(NC(C)(C)C)C(=O)O)C1. The molecular weight excluding hydrogens is 232 g/mol. The third-order valence-corrected chi connectivity index (χ3v) is 3.18. The summed E-state index contributed by atoms with van der Waals surface area (Å²) in [5, 5.41) is 10.7. The third kappa shape index (κ3) is 4.82. The van der Waals surface area contributed by atoms with Gasteiger partial charge in [-0.2, -0.15) is 0 Å². The van der Waals surface area contributed by atoms with Crippen LogP contribution in [0.2, 0.25) is 0 Å². The van der Waals surface area contributed by atoms with E-state index in [4.69, 9.17) is 4.74 Å². The minimum absolute atomic E-state index is 0.0515. The number of hydrogen-bond acceptors (Lipinski definition) is 3. The fourth-order valence-electron chi connectivity index (χ4n) is 2.54. The van der Waals surface area contributed by atoms with Crippen molar-refractivity contribution in [3.8, 4) is 0 Å². The van der Waals surface area contributed by atoms with Crippen LogP contribution in [0.1, 0.15) is 46.5 Å². The van der Waals surface area contributed by atoms with Crippen LogP contribution in [-0.4, -0.2) is 41.5 Å². The number of amides is 1. The van der Waals surface area contributed by atoms with Crippen molar-refractivity contribution in [3.63, 3.8) is 0 Å². The van der Waals surface area contributed by atoms with E-state index in [0.717, 1.165) is 32.3 Å². The van der Waals surface area contributed by atoms with Crippen LogP contribution in [0.5, 0.6) is 0 Å². The summed E-state index contributed by atoms with van der Waals surface area (Å²) in [5.41, 5.74) is 2.84. The number of ether oxygens (including phenoxy) is 1. The summed E-state index contributed by atoms with van der Waals surface area (Å²) in [6.07, 6.45) is 3.11. The van der Waals surface area contributed by atoms with Gasteiger partial charge in [0, 0.05) is 19.3 Å². The minimum Gasteiger partial charge on any atom is -0.464 e. The average molecular weight is 258 g/mol. The van der Waals surface area contributed by atoms with Gasteiger partial charge in [0.1, 0.15) is 0 Å². The highest BCUT2D eigenvalue weighted by molar-refractivity contribution is 5.64. The Balaban J connectivity index is 2.64. The number of hydrogen-bond donors (Lipinski definition) is 2. The lowest BCUT2D eigenvalue weighted by molar-refractivity contribution is 0.0318. The fraction of sp³-hybridized carbons (Fsp3) is 0.923. The molecule has 2 N–H and O–H groups in total. The van der Waals surface area contributed by atoms with E-state index in [2.05, 4.69) is 5.43 Å². The predicted molar refractivity (Wildman–Crippen MR) is 70.4 cm³/mol. The molecule has 0 heterocycles. The lowest BCUT2D eigenvalue weighted by Gasteiger charge is -2.39. The number of hydrazine groups is 1. The number of rotatable bonds is 4. The minimum atomic E-state index is -0.895. The van der Waals surface area contributed by atoms with Crippen molar-refractivity contribution < 1.29 is 14.6 Å². The van der Waals surface area contributed by atoms with Gasteiger partial charge in [0.2, 0.25) is 0 Å². The Morgan fingerprint density at radius 1 is 1.44 bits per heavy atom. The van der Waals surface area contributed by atoms with Gasteiger partial charge >= 0.3 is 6.09 Å². The second-order valence-corrected chi connectivity index (χ2v) is 6.16. The zero-order chi connectivity index (χ0) is 13.8. The molecule has 1 amide bonds. The van der Waals surface area contributed by atoms with E-state index >= 15 is 0 Å². The highest BCUT2D eigenvalue weighted by Gasteiger charge is 2.31. The Bertz CT molecular complexity index is 274. The molecule has 1 saturated carbocycles. The van der Waals surface area contributed by atoms with Crippen molar-refractivity contribution in [2.75, 3.05) is 13.7 Å². The van der Waals surface area contributed by atoms with Gasteiger partial charge in [-0.3, -0.25) is 0 Å².